The minimum absolute atomic E-state index is 0.309. The van der Waals surface area contributed by atoms with Gasteiger partial charge in [0.25, 0.3) is 0 Å². The van der Waals surface area contributed by atoms with Crippen LogP contribution < -0.4 is 0 Å². The molecular weight excluding hydrogens is 370 g/mol. The summed E-state index contributed by atoms with van der Waals surface area (Å²) in [5, 5.41) is 0. The normalized spacial score (nSPS) is 20.2. The Morgan fingerprint density at radius 2 is 1.82 bits per heavy atom. The topological polar surface area (TPSA) is 42.7 Å². The smallest absolute Gasteiger partial charge is 0.233 e. The van der Waals surface area contributed by atoms with Crippen LogP contribution >= 0.6 is 11.8 Å². The number of hydrogen-bond acceptors (Lipinski definition) is 4. The predicted octanol–water partition coefficient (Wildman–Crippen LogP) is 4.50. The fourth-order valence-electron chi connectivity index (χ4n) is 4.43. The van der Waals surface area contributed by atoms with Crippen molar-refractivity contribution in [1.29, 1.82) is 0 Å². The number of hydrogen-bond donors (Lipinski definition) is 0. The summed E-state index contributed by atoms with van der Waals surface area (Å²) in [6, 6.07) is 14.3. The van der Waals surface area contributed by atoms with Crippen molar-refractivity contribution in [3.8, 4) is 0 Å². The number of nitrogens with zero attached hydrogens (tertiary/aromatic N) is 1. The van der Waals surface area contributed by atoms with Gasteiger partial charge in [-0.05, 0) is 55.1 Å². The van der Waals surface area contributed by atoms with E-state index in [-0.39, 0.29) is 0 Å². The number of ether oxygens (including phenoxy) is 1. The molecule has 1 aromatic heterocycles. The van der Waals surface area contributed by atoms with Crippen molar-refractivity contribution in [2.45, 2.75) is 36.9 Å². The summed E-state index contributed by atoms with van der Waals surface area (Å²) >= 11 is 1.94. The van der Waals surface area contributed by atoms with E-state index in [0.29, 0.717) is 25.0 Å². The zero-order valence-corrected chi connectivity index (χ0v) is 17.2. The number of benzene rings is 1. The Morgan fingerprint density at radius 1 is 1.07 bits per heavy atom. The van der Waals surface area contributed by atoms with Crippen LogP contribution in [0.3, 0.4) is 0 Å². The maximum atomic E-state index is 13.6. The molecule has 1 aromatic carbocycles. The molecule has 0 atom stereocenters. The second kappa shape index (κ2) is 9.19. The van der Waals surface area contributed by atoms with Gasteiger partial charge in [-0.1, -0.05) is 30.3 Å². The Kier molecular flexibility index (Phi) is 6.43. The Bertz CT molecular complexity index is 732. The first-order chi connectivity index (χ1) is 13.8. The van der Waals surface area contributed by atoms with E-state index in [9.17, 15) is 4.79 Å². The van der Waals surface area contributed by atoms with Crippen LogP contribution in [0.5, 0.6) is 0 Å². The second-order valence-corrected chi connectivity index (χ2v) is 8.92. The monoisotopic (exact) mass is 399 g/mol. The summed E-state index contributed by atoms with van der Waals surface area (Å²) in [7, 11) is 0. The number of thioether (sulfide) groups is 1. The maximum absolute atomic E-state index is 13.6. The van der Waals surface area contributed by atoms with Crippen molar-refractivity contribution in [3.63, 3.8) is 0 Å². The summed E-state index contributed by atoms with van der Waals surface area (Å²) in [4.78, 5) is 15.7. The highest BCUT2D eigenvalue weighted by molar-refractivity contribution is 7.98. The first-order valence-electron chi connectivity index (χ1n) is 10.3. The SMILES string of the molecule is O=C(N1CCC(CSCc2ccco2)CC1)C1(c2ccccc2)CCOCC1. The largest absolute Gasteiger partial charge is 0.468 e. The molecule has 3 heterocycles. The lowest BCUT2D eigenvalue weighted by Crippen LogP contribution is -2.52. The molecule has 5 heteroatoms. The van der Waals surface area contributed by atoms with Gasteiger partial charge < -0.3 is 14.1 Å². The fraction of sp³-hybridized carbons (Fsp3) is 0.522. The molecule has 4 nitrogen and oxygen atoms in total. The lowest BCUT2D eigenvalue weighted by atomic mass is 9.72. The Morgan fingerprint density at radius 3 is 2.50 bits per heavy atom. The van der Waals surface area contributed by atoms with Gasteiger partial charge in [0.15, 0.2) is 0 Å². The molecular formula is C23H29NO3S. The van der Waals surface area contributed by atoms with E-state index < -0.39 is 5.41 Å². The van der Waals surface area contributed by atoms with Gasteiger partial charge in [0.05, 0.1) is 17.4 Å². The third-order valence-corrected chi connectivity index (χ3v) is 7.36. The quantitative estimate of drug-likeness (QED) is 0.717. The first-order valence-corrected chi connectivity index (χ1v) is 11.5. The third kappa shape index (κ3) is 4.31. The molecule has 2 aromatic rings. The number of likely N-dealkylation sites (tertiary alicyclic amines) is 1. The molecule has 0 saturated carbocycles. The molecule has 4 rings (SSSR count). The minimum Gasteiger partial charge on any atom is -0.468 e. The van der Waals surface area contributed by atoms with E-state index in [1.54, 1.807) is 6.26 Å². The highest BCUT2D eigenvalue weighted by Gasteiger charge is 2.44. The van der Waals surface area contributed by atoms with Gasteiger partial charge in [-0.3, -0.25) is 4.79 Å². The summed E-state index contributed by atoms with van der Waals surface area (Å²) < 4.78 is 11.0. The van der Waals surface area contributed by atoms with Crippen LogP contribution in [0.2, 0.25) is 0 Å². The Labute approximate surface area is 171 Å². The standard InChI is InChI=1S/C23H29NO3S/c25-22(23(10-15-26-16-11-23)20-5-2-1-3-6-20)24-12-8-19(9-13-24)17-28-18-21-7-4-14-27-21/h1-7,14,19H,8-13,15-18H2. The molecule has 0 bridgehead atoms. The summed E-state index contributed by atoms with van der Waals surface area (Å²) in [5.41, 5.74) is 0.750. The molecule has 2 aliphatic rings. The maximum Gasteiger partial charge on any atom is 0.233 e. The van der Waals surface area contributed by atoms with Gasteiger partial charge in [-0.2, -0.15) is 11.8 Å². The molecule has 2 fully saturated rings. The van der Waals surface area contributed by atoms with Crippen LogP contribution in [0.25, 0.3) is 0 Å². The molecule has 2 aliphatic heterocycles. The molecule has 2 saturated heterocycles. The molecule has 0 radical (unpaired) electrons. The lowest BCUT2D eigenvalue weighted by Gasteiger charge is -2.42. The number of carbonyl (C=O) groups excluding carboxylic acids is 1. The van der Waals surface area contributed by atoms with Crippen LogP contribution in [-0.4, -0.2) is 42.9 Å². The second-order valence-electron chi connectivity index (χ2n) is 7.89. The molecule has 0 aliphatic carbocycles. The van der Waals surface area contributed by atoms with E-state index in [1.165, 1.54) is 0 Å². The van der Waals surface area contributed by atoms with E-state index in [4.69, 9.17) is 9.15 Å². The molecule has 0 unspecified atom stereocenters. The zero-order valence-electron chi connectivity index (χ0n) is 16.3. The van der Waals surface area contributed by atoms with Gasteiger partial charge in [0.1, 0.15) is 5.76 Å². The summed E-state index contributed by atoms with van der Waals surface area (Å²) in [6.45, 7) is 3.08. The van der Waals surface area contributed by atoms with E-state index in [2.05, 4.69) is 17.0 Å². The molecule has 0 N–H and O–H groups in total. The molecule has 28 heavy (non-hydrogen) atoms. The first kappa shape index (κ1) is 19.6. The summed E-state index contributed by atoms with van der Waals surface area (Å²) in [6.07, 6.45) is 5.50. The van der Waals surface area contributed by atoms with Gasteiger partial charge >= 0.3 is 0 Å². The fourth-order valence-corrected chi connectivity index (χ4v) is 5.58. The highest BCUT2D eigenvalue weighted by atomic mass is 32.2. The van der Waals surface area contributed by atoms with Crippen LogP contribution in [0, 0.1) is 5.92 Å². The van der Waals surface area contributed by atoms with Gasteiger partial charge in [-0.25, -0.2) is 0 Å². The van der Waals surface area contributed by atoms with E-state index >= 15 is 0 Å². The highest BCUT2D eigenvalue weighted by Crippen LogP contribution is 2.38. The van der Waals surface area contributed by atoms with Crippen LogP contribution in [0.15, 0.2) is 53.1 Å². The minimum atomic E-state index is -0.402. The number of furan rings is 1. The Hall–Kier alpha value is -1.72. The van der Waals surface area contributed by atoms with Gasteiger partial charge in [0, 0.05) is 26.3 Å². The predicted molar refractivity (Wildman–Crippen MR) is 112 cm³/mol. The summed E-state index contributed by atoms with van der Waals surface area (Å²) in [5.74, 6) is 4.11. The average molecular weight is 400 g/mol. The average Bonchev–Trinajstić information content (AvgIpc) is 3.28. The van der Waals surface area contributed by atoms with Crippen molar-refractivity contribution in [2.75, 3.05) is 32.1 Å². The van der Waals surface area contributed by atoms with Crippen molar-refractivity contribution < 1.29 is 13.9 Å². The molecule has 1 amide bonds. The van der Waals surface area contributed by atoms with Crippen molar-refractivity contribution in [1.82, 2.24) is 4.90 Å². The number of amides is 1. The van der Waals surface area contributed by atoms with Crippen LogP contribution in [0.4, 0.5) is 0 Å². The van der Waals surface area contributed by atoms with Crippen LogP contribution in [0.1, 0.15) is 37.0 Å². The van der Waals surface area contributed by atoms with Crippen molar-refractivity contribution >= 4 is 17.7 Å². The third-order valence-electron chi connectivity index (χ3n) is 6.16. The van der Waals surface area contributed by atoms with Gasteiger partial charge in [0.2, 0.25) is 5.91 Å². The van der Waals surface area contributed by atoms with Crippen molar-refractivity contribution in [3.05, 3.63) is 60.1 Å². The molecule has 0 spiro atoms. The van der Waals surface area contributed by atoms with E-state index in [0.717, 1.165) is 61.6 Å². The zero-order chi connectivity index (χ0) is 19.2. The Balaban J connectivity index is 1.34. The van der Waals surface area contributed by atoms with E-state index in [1.807, 2.05) is 42.1 Å². The lowest BCUT2D eigenvalue weighted by molar-refractivity contribution is -0.142. The number of carbonyl (C=O) groups is 1. The number of rotatable bonds is 6. The number of piperidine rings is 1. The van der Waals surface area contributed by atoms with Crippen LogP contribution in [-0.2, 0) is 20.7 Å². The molecule has 150 valence electrons. The van der Waals surface area contributed by atoms with Crippen molar-refractivity contribution in [2.24, 2.45) is 5.92 Å². The van der Waals surface area contributed by atoms with Gasteiger partial charge in [-0.15, -0.1) is 0 Å².